The van der Waals surface area contributed by atoms with E-state index in [-0.39, 0.29) is 12.5 Å². The van der Waals surface area contributed by atoms with Crippen LogP contribution >= 0.6 is 0 Å². The van der Waals surface area contributed by atoms with Crippen molar-refractivity contribution in [2.75, 3.05) is 0 Å². The van der Waals surface area contributed by atoms with Gasteiger partial charge in [0.1, 0.15) is 0 Å². The molecule has 0 aliphatic carbocycles. The minimum Gasteiger partial charge on any atom is -0.481 e. The molecular formula is C17H30O3. The van der Waals surface area contributed by atoms with Crippen molar-refractivity contribution in [1.82, 2.24) is 0 Å². The van der Waals surface area contributed by atoms with Gasteiger partial charge in [0.2, 0.25) is 0 Å². The Bertz CT molecular complexity index is 282. The van der Waals surface area contributed by atoms with Crippen LogP contribution in [0.5, 0.6) is 0 Å². The van der Waals surface area contributed by atoms with Crippen molar-refractivity contribution in [1.29, 1.82) is 0 Å². The standard InChI is InChI=1S/C17H30O3/c1-2-3-10-13-16(18)14-11-8-6-4-5-7-9-12-15-17(19)20/h6,8,11,14,16,18H,2-5,7,9-10,12-13,15H2,1H3,(H,19,20)/b8-6+,14-11+. The van der Waals surface area contributed by atoms with E-state index in [0.29, 0.717) is 0 Å². The van der Waals surface area contributed by atoms with Gasteiger partial charge < -0.3 is 10.2 Å². The molecule has 0 heterocycles. The van der Waals surface area contributed by atoms with Gasteiger partial charge >= 0.3 is 5.97 Å². The molecule has 0 amide bonds. The van der Waals surface area contributed by atoms with Crippen LogP contribution in [0.15, 0.2) is 24.3 Å². The summed E-state index contributed by atoms with van der Waals surface area (Å²) in [5.74, 6) is -0.701. The molecule has 0 rings (SSSR count). The second-order valence-corrected chi connectivity index (χ2v) is 5.22. The summed E-state index contributed by atoms with van der Waals surface area (Å²) in [5, 5.41) is 18.1. The third-order valence-corrected chi connectivity index (χ3v) is 3.20. The van der Waals surface area contributed by atoms with Gasteiger partial charge in [-0.2, -0.15) is 0 Å². The van der Waals surface area contributed by atoms with Crippen molar-refractivity contribution in [3.63, 3.8) is 0 Å². The van der Waals surface area contributed by atoms with Crippen LogP contribution in [0.2, 0.25) is 0 Å². The first kappa shape index (κ1) is 18.9. The van der Waals surface area contributed by atoms with Gasteiger partial charge in [0.05, 0.1) is 6.10 Å². The van der Waals surface area contributed by atoms with E-state index in [9.17, 15) is 9.90 Å². The van der Waals surface area contributed by atoms with E-state index in [1.165, 1.54) is 12.8 Å². The number of carboxylic acid groups (broad SMARTS) is 1. The Hall–Kier alpha value is -1.09. The molecule has 3 heteroatoms. The van der Waals surface area contributed by atoms with Crippen molar-refractivity contribution in [2.24, 2.45) is 0 Å². The van der Waals surface area contributed by atoms with Gasteiger partial charge in [0.25, 0.3) is 0 Å². The van der Waals surface area contributed by atoms with Crippen LogP contribution in [0.25, 0.3) is 0 Å². The summed E-state index contributed by atoms with van der Waals surface area (Å²) in [4.78, 5) is 10.3. The lowest BCUT2D eigenvalue weighted by molar-refractivity contribution is -0.137. The first-order valence-electron chi connectivity index (χ1n) is 7.90. The van der Waals surface area contributed by atoms with E-state index in [1.807, 2.05) is 18.2 Å². The predicted molar refractivity (Wildman–Crippen MR) is 83.8 cm³/mol. The monoisotopic (exact) mass is 282 g/mol. The number of unbranched alkanes of at least 4 members (excludes halogenated alkanes) is 6. The number of rotatable bonds is 13. The Morgan fingerprint density at radius 3 is 2.50 bits per heavy atom. The highest BCUT2D eigenvalue weighted by Crippen LogP contribution is 2.06. The number of carbonyl (C=O) groups is 1. The van der Waals surface area contributed by atoms with Gasteiger partial charge in [-0.3, -0.25) is 4.79 Å². The van der Waals surface area contributed by atoms with Gasteiger partial charge in [-0.05, 0) is 25.7 Å². The lowest BCUT2D eigenvalue weighted by Gasteiger charge is -2.03. The van der Waals surface area contributed by atoms with Crippen molar-refractivity contribution in [3.05, 3.63) is 24.3 Å². The molecule has 0 aliphatic heterocycles. The van der Waals surface area contributed by atoms with Crippen LogP contribution in [-0.4, -0.2) is 22.3 Å². The Kier molecular flexibility index (Phi) is 13.5. The van der Waals surface area contributed by atoms with E-state index in [1.54, 1.807) is 0 Å². The van der Waals surface area contributed by atoms with Gasteiger partial charge in [0.15, 0.2) is 0 Å². The molecule has 0 saturated carbocycles. The fourth-order valence-electron chi connectivity index (χ4n) is 1.96. The van der Waals surface area contributed by atoms with Gasteiger partial charge in [-0.1, -0.05) is 63.3 Å². The molecule has 0 saturated heterocycles. The second kappa shape index (κ2) is 14.3. The average molecular weight is 282 g/mol. The topological polar surface area (TPSA) is 57.5 Å². The lowest BCUT2D eigenvalue weighted by atomic mass is 10.1. The van der Waals surface area contributed by atoms with Crippen LogP contribution in [-0.2, 0) is 4.79 Å². The summed E-state index contributed by atoms with van der Waals surface area (Å²) in [6.45, 7) is 2.16. The first-order valence-corrected chi connectivity index (χ1v) is 7.90. The largest absolute Gasteiger partial charge is 0.481 e. The average Bonchev–Trinajstić information content (AvgIpc) is 2.41. The summed E-state index contributed by atoms with van der Waals surface area (Å²) in [6.07, 6.45) is 17.1. The van der Waals surface area contributed by atoms with Crippen LogP contribution in [0.3, 0.4) is 0 Å². The molecule has 0 fully saturated rings. The quantitative estimate of drug-likeness (QED) is 0.387. The Labute approximate surface area is 123 Å². The molecule has 1 atom stereocenters. The van der Waals surface area contributed by atoms with Crippen LogP contribution in [0.4, 0.5) is 0 Å². The van der Waals surface area contributed by atoms with Crippen molar-refractivity contribution in [2.45, 2.75) is 77.2 Å². The van der Waals surface area contributed by atoms with Crippen molar-refractivity contribution in [3.8, 4) is 0 Å². The van der Waals surface area contributed by atoms with Crippen LogP contribution in [0.1, 0.15) is 71.1 Å². The lowest BCUT2D eigenvalue weighted by Crippen LogP contribution is -2.00. The molecular weight excluding hydrogens is 252 g/mol. The van der Waals surface area contributed by atoms with Gasteiger partial charge in [-0.15, -0.1) is 0 Å². The molecule has 0 aromatic heterocycles. The molecule has 0 aliphatic rings. The minimum atomic E-state index is -0.701. The third kappa shape index (κ3) is 15.0. The summed E-state index contributed by atoms with van der Waals surface area (Å²) in [5.41, 5.74) is 0. The molecule has 1 unspecified atom stereocenters. The molecule has 3 nitrogen and oxygen atoms in total. The SMILES string of the molecule is CCCCCC(O)/C=C/C=C/CCCCCCC(=O)O. The fourth-order valence-corrected chi connectivity index (χ4v) is 1.96. The summed E-state index contributed by atoms with van der Waals surface area (Å²) >= 11 is 0. The zero-order valence-corrected chi connectivity index (χ0v) is 12.8. The number of aliphatic hydroxyl groups excluding tert-OH is 1. The Balaban J connectivity index is 3.40. The maximum atomic E-state index is 10.3. The van der Waals surface area contributed by atoms with Crippen LogP contribution < -0.4 is 0 Å². The summed E-state index contributed by atoms with van der Waals surface area (Å²) in [6, 6.07) is 0. The number of allylic oxidation sites excluding steroid dienone is 3. The van der Waals surface area contributed by atoms with Crippen molar-refractivity contribution >= 4 is 5.97 Å². The maximum Gasteiger partial charge on any atom is 0.303 e. The smallest absolute Gasteiger partial charge is 0.303 e. The summed E-state index contributed by atoms with van der Waals surface area (Å²) < 4.78 is 0. The molecule has 0 aromatic rings. The van der Waals surface area contributed by atoms with E-state index in [0.717, 1.165) is 44.9 Å². The predicted octanol–water partition coefficient (Wildman–Crippen LogP) is 4.47. The van der Waals surface area contributed by atoms with E-state index in [2.05, 4.69) is 13.0 Å². The highest BCUT2D eigenvalue weighted by molar-refractivity contribution is 5.66. The van der Waals surface area contributed by atoms with Crippen molar-refractivity contribution < 1.29 is 15.0 Å². The number of hydrogen-bond donors (Lipinski definition) is 2. The van der Waals surface area contributed by atoms with Crippen LogP contribution in [0, 0.1) is 0 Å². The third-order valence-electron chi connectivity index (χ3n) is 3.20. The fraction of sp³-hybridized carbons (Fsp3) is 0.706. The zero-order chi connectivity index (χ0) is 15.1. The molecule has 2 N–H and O–H groups in total. The highest BCUT2D eigenvalue weighted by atomic mass is 16.4. The Morgan fingerprint density at radius 2 is 1.80 bits per heavy atom. The molecule has 0 aromatic carbocycles. The Morgan fingerprint density at radius 1 is 1.05 bits per heavy atom. The molecule has 116 valence electrons. The van der Waals surface area contributed by atoms with Gasteiger partial charge in [0, 0.05) is 6.42 Å². The molecule has 0 bridgehead atoms. The molecule has 20 heavy (non-hydrogen) atoms. The summed E-state index contributed by atoms with van der Waals surface area (Å²) in [7, 11) is 0. The first-order chi connectivity index (χ1) is 9.66. The van der Waals surface area contributed by atoms with E-state index >= 15 is 0 Å². The van der Waals surface area contributed by atoms with Gasteiger partial charge in [-0.25, -0.2) is 0 Å². The molecule has 0 spiro atoms. The van der Waals surface area contributed by atoms with E-state index in [4.69, 9.17) is 5.11 Å². The minimum absolute atomic E-state index is 0.286. The normalized spacial score (nSPS) is 13.3. The van der Waals surface area contributed by atoms with E-state index < -0.39 is 5.97 Å². The maximum absolute atomic E-state index is 10.3. The second-order valence-electron chi connectivity index (χ2n) is 5.22. The number of hydrogen-bond acceptors (Lipinski definition) is 2. The number of carboxylic acids is 1. The molecule has 0 radical (unpaired) electrons. The number of aliphatic carboxylic acids is 1. The number of aliphatic hydroxyl groups is 1. The zero-order valence-electron chi connectivity index (χ0n) is 12.8. The highest BCUT2D eigenvalue weighted by Gasteiger charge is 1.97.